The number of rotatable bonds is 5. The molecule has 0 saturated carbocycles. The molecule has 3 rings (SSSR count). The molecule has 2 aromatic rings. The first-order chi connectivity index (χ1) is 12.0. The number of hydrogen-bond acceptors (Lipinski definition) is 3. The van der Waals surface area contributed by atoms with E-state index in [1.165, 1.54) is 17.1 Å². The normalized spacial score (nSPS) is 20.1. The molecule has 130 valence electrons. The van der Waals surface area contributed by atoms with E-state index in [1.807, 2.05) is 32.0 Å². The standard InChI is InChI=1S/C20H21NO3S/c1-12-13(2)25-19(18(12)20(23)24)21-17(22)10-8-14-7-9-15-5-3-4-6-16(15)11-14/h3-7,9,11,18-19H,8,10H2,1-2H3,(H,21,22)(H,23,24). The molecule has 0 bridgehead atoms. The molecule has 5 heteroatoms. The number of thioether (sulfide) groups is 1. The summed E-state index contributed by atoms with van der Waals surface area (Å²) in [5.74, 6) is -1.64. The molecule has 25 heavy (non-hydrogen) atoms. The molecule has 1 heterocycles. The van der Waals surface area contributed by atoms with Crippen molar-refractivity contribution in [1.29, 1.82) is 0 Å². The van der Waals surface area contributed by atoms with Crippen LogP contribution >= 0.6 is 11.8 Å². The number of aliphatic carboxylic acids is 1. The van der Waals surface area contributed by atoms with Crippen LogP contribution in [0, 0.1) is 5.92 Å². The third-order valence-corrected chi connectivity index (χ3v) is 5.97. The van der Waals surface area contributed by atoms with Gasteiger partial charge in [-0.05, 0) is 47.1 Å². The van der Waals surface area contributed by atoms with Gasteiger partial charge < -0.3 is 10.4 Å². The topological polar surface area (TPSA) is 66.4 Å². The molecule has 2 atom stereocenters. The summed E-state index contributed by atoms with van der Waals surface area (Å²) in [4.78, 5) is 24.7. The van der Waals surface area contributed by atoms with Crippen molar-refractivity contribution in [3.8, 4) is 0 Å². The van der Waals surface area contributed by atoms with E-state index in [4.69, 9.17) is 0 Å². The van der Waals surface area contributed by atoms with Gasteiger partial charge in [0, 0.05) is 6.42 Å². The highest BCUT2D eigenvalue weighted by molar-refractivity contribution is 8.03. The second-order valence-corrected chi connectivity index (χ2v) is 7.70. The molecular weight excluding hydrogens is 334 g/mol. The number of fused-ring (bicyclic) bond motifs is 1. The van der Waals surface area contributed by atoms with Crippen molar-refractivity contribution >= 4 is 34.4 Å². The first-order valence-electron chi connectivity index (χ1n) is 8.29. The quantitative estimate of drug-likeness (QED) is 0.852. The Hall–Kier alpha value is -2.27. The van der Waals surface area contributed by atoms with Crippen LogP contribution in [0.4, 0.5) is 0 Å². The monoisotopic (exact) mass is 355 g/mol. The lowest BCUT2D eigenvalue weighted by Gasteiger charge is -2.18. The van der Waals surface area contributed by atoms with Crippen molar-refractivity contribution in [3.63, 3.8) is 0 Å². The van der Waals surface area contributed by atoms with Crippen LogP contribution in [0.25, 0.3) is 10.8 Å². The summed E-state index contributed by atoms with van der Waals surface area (Å²) in [6.45, 7) is 3.72. The lowest BCUT2D eigenvalue weighted by Crippen LogP contribution is -2.39. The average molecular weight is 355 g/mol. The Bertz CT molecular complexity index is 859. The van der Waals surface area contributed by atoms with Crippen molar-refractivity contribution in [2.45, 2.75) is 32.1 Å². The van der Waals surface area contributed by atoms with E-state index in [9.17, 15) is 14.7 Å². The van der Waals surface area contributed by atoms with Crippen LogP contribution in [0.5, 0.6) is 0 Å². The molecule has 0 spiro atoms. The fourth-order valence-electron chi connectivity index (χ4n) is 3.11. The first kappa shape index (κ1) is 17.5. The van der Waals surface area contributed by atoms with Crippen molar-refractivity contribution in [2.24, 2.45) is 5.92 Å². The summed E-state index contributed by atoms with van der Waals surface area (Å²) in [5.41, 5.74) is 1.94. The number of benzene rings is 2. The van der Waals surface area contributed by atoms with E-state index < -0.39 is 17.3 Å². The zero-order chi connectivity index (χ0) is 18.0. The van der Waals surface area contributed by atoms with Gasteiger partial charge in [-0.1, -0.05) is 42.5 Å². The Morgan fingerprint density at radius 1 is 1.12 bits per heavy atom. The summed E-state index contributed by atoms with van der Waals surface area (Å²) < 4.78 is 0. The van der Waals surface area contributed by atoms with Crippen molar-refractivity contribution < 1.29 is 14.7 Å². The summed E-state index contributed by atoms with van der Waals surface area (Å²) >= 11 is 1.43. The average Bonchev–Trinajstić information content (AvgIpc) is 2.86. The minimum Gasteiger partial charge on any atom is -0.481 e. The number of nitrogens with one attached hydrogen (secondary N) is 1. The van der Waals surface area contributed by atoms with Gasteiger partial charge in [-0.3, -0.25) is 9.59 Å². The van der Waals surface area contributed by atoms with Gasteiger partial charge in [-0.15, -0.1) is 11.8 Å². The van der Waals surface area contributed by atoms with E-state index in [0.717, 1.165) is 21.4 Å². The van der Waals surface area contributed by atoms with Gasteiger partial charge in [0.15, 0.2) is 0 Å². The third kappa shape index (κ3) is 3.87. The molecule has 0 saturated heterocycles. The molecule has 0 radical (unpaired) electrons. The maximum Gasteiger partial charge on any atom is 0.313 e. The maximum atomic E-state index is 12.3. The van der Waals surface area contributed by atoms with E-state index >= 15 is 0 Å². The minimum absolute atomic E-state index is 0.112. The molecule has 0 fully saturated rings. The van der Waals surface area contributed by atoms with Gasteiger partial charge in [0.1, 0.15) is 5.92 Å². The predicted molar refractivity (Wildman–Crippen MR) is 101 cm³/mol. The molecule has 0 aromatic heterocycles. The predicted octanol–water partition coefficient (Wildman–Crippen LogP) is 3.96. The number of carbonyl (C=O) groups is 2. The number of allylic oxidation sites excluding steroid dienone is 1. The molecule has 2 aromatic carbocycles. The first-order valence-corrected chi connectivity index (χ1v) is 9.17. The molecule has 2 unspecified atom stereocenters. The number of aryl methyl sites for hydroxylation is 1. The van der Waals surface area contributed by atoms with Crippen LogP contribution in [-0.2, 0) is 16.0 Å². The Balaban J connectivity index is 1.60. The molecular formula is C20H21NO3S. The lowest BCUT2D eigenvalue weighted by molar-refractivity contribution is -0.140. The van der Waals surface area contributed by atoms with Gasteiger partial charge in [-0.2, -0.15) is 0 Å². The van der Waals surface area contributed by atoms with Crippen molar-refractivity contribution in [2.75, 3.05) is 0 Å². The van der Waals surface area contributed by atoms with Gasteiger partial charge >= 0.3 is 5.97 Å². The maximum absolute atomic E-state index is 12.3. The van der Waals surface area contributed by atoms with Crippen LogP contribution in [0.2, 0.25) is 0 Å². The minimum atomic E-state index is -0.887. The van der Waals surface area contributed by atoms with Crippen molar-refractivity contribution in [3.05, 3.63) is 58.5 Å². The second kappa shape index (κ2) is 7.31. The smallest absolute Gasteiger partial charge is 0.313 e. The Kier molecular flexibility index (Phi) is 5.13. The Labute approximate surface area is 151 Å². The van der Waals surface area contributed by atoms with Gasteiger partial charge in [0.25, 0.3) is 0 Å². The molecule has 4 nitrogen and oxygen atoms in total. The van der Waals surface area contributed by atoms with Crippen LogP contribution in [0.3, 0.4) is 0 Å². The van der Waals surface area contributed by atoms with Gasteiger partial charge in [-0.25, -0.2) is 0 Å². The summed E-state index contributed by atoms with van der Waals surface area (Å²) in [6.07, 6.45) is 0.983. The van der Waals surface area contributed by atoms with Crippen LogP contribution in [0.1, 0.15) is 25.8 Å². The SMILES string of the molecule is CC1=C(C)C(C(=O)O)C(NC(=O)CCc2ccc3ccccc3c2)S1. The molecule has 1 aliphatic heterocycles. The highest BCUT2D eigenvalue weighted by atomic mass is 32.2. The Morgan fingerprint density at radius 3 is 2.56 bits per heavy atom. The van der Waals surface area contributed by atoms with Crippen LogP contribution in [0.15, 0.2) is 52.9 Å². The van der Waals surface area contributed by atoms with Crippen molar-refractivity contribution in [1.82, 2.24) is 5.32 Å². The van der Waals surface area contributed by atoms with Gasteiger partial charge in [0.05, 0.1) is 5.37 Å². The zero-order valence-corrected chi connectivity index (χ0v) is 15.1. The number of carbonyl (C=O) groups excluding carboxylic acids is 1. The summed E-state index contributed by atoms with van der Waals surface area (Å²) in [7, 11) is 0. The van der Waals surface area contributed by atoms with E-state index in [-0.39, 0.29) is 5.91 Å². The number of carboxylic acid groups (broad SMARTS) is 1. The van der Waals surface area contributed by atoms with E-state index in [0.29, 0.717) is 12.8 Å². The van der Waals surface area contributed by atoms with Crippen LogP contribution in [-0.4, -0.2) is 22.4 Å². The number of amides is 1. The Morgan fingerprint density at radius 2 is 1.84 bits per heavy atom. The summed E-state index contributed by atoms with van der Waals surface area (Å²) in [6, 6.07) is 14.3. The third-order valence-electron chi connectivity index (χ3n) is 4.65. The summed E-state index contributed by atoms with van der Waals surface area (Å²) in [5, 5.41) is 14.2. The number of hydrogen-bond donors (Lipinski definition) is 2. The highest BCUT2D eigenvalue weighted by Gasteiger charge is 2.37. The second-order valence-electron chi connectivity index (χ2n) is 6.34. The molecule has 0 aliphatic carbocycles. The molecule has 1 aliphatic rings. The van der Waals surface area contributed by atoms with Crippen LogP contribution < -0.4 is 5.32 Å². The highest BCUT2D eigenvalue weighted by Crippen LogP contribution is 2.40. The number of carboxylic acids is 1. The molecule has 2 N–H and O–H groups in total. The van der Waals surface area contributed by atoms with E-state index in [1.54, 1.807) is 0 Å². The van der Waals surface area contributed by atoms with Gasteiger partial charge in [0.2, 0.25) is 5.91 Å². The fraction of sp³-hybridized carbons (Fsp3) is 0.300. The fourth-order valence-corrected chi connectivity index (χ4v) is 4.45. The molecule has 1 amide bonds. The zero-order valence-electron chi connectivity index (χ0n) is 14.3. The largest absolute Gasteiger partial charge is 0.481 e. The van der Waals surface area contributed by atoms with E-state index in [2.05, 4.69) is 29.6 Å². The lowest BCUT2D eigenvalue weighted by atomic mass is 10.00.